The van der Waals surface area contributed by atoms with E-state index in [2.05, 4.69) is 28.3 Å². The second-order valence-corrected chi connectivity index (χ2v) is 7.80. The Hall–Kier alpha value is -2.07. The fourth-order valence-electron chi connectivity index (χ4n) is 3.60. The second kappa shape index (κ2) is 6.58. The Morgan fingerprint density at radius 1 is 1.23 bits per heavy atom. The number of nitrogens with zero attached hydrogens (tertiary/aromatic N) is 3. The molecule has 0 spiro atoms. The second-order valence-electron chi connectivity index (χ2n) is 7.41. The molecular weight excluding hydrogens is 349 g/mol. The van der Waals surface area contributed by atoms with Gasteiger partial charge in [0.1, 0.15) is 11.0 Å². The summed E-state index contributed by atoms with van der Waals surface area (Å²) in [6, 6.07) is 8.58. The maximum absolute atomic E-state index is 13.2. The van der Waals surface area contributed by atoms with E-state index in [1.165, 1.54) is 41.6 Å². The van der Waals surface area contributed by atoms with Gasteiger partial charge in [0, 0.05) is 31.2 Å². The maximum atomic E-state index is 13.2. The highest BCUT2D eigenvalue weighted by Crippen LogP contribution is 2.38. The average molecular weight is 372 g/mol. The fraction of sp³-hybridized carbons (Fsp3) is 0.381. The first-order valence-corrected chi connectivity index (χ1v) is 9.43. The molecule has 0 atom stereocenters. The molecule has 0 radical (unpaired) electrons. The van der Waals surface area contributed by atoms with Gasteiger partial charge in [0.2, 0.25) is 0 Å². The van der Waals surface area contributed by atoms with Crippen LogP contribution < -0.4 is 4.90 Å². The first-order valence-electron chi connectivity index (χ1n) is 9.05. The highest BCUT2D eigenvalue weighted by atomic mass is 35.5. The summed E-state index contributed by atoms with van der Waals surface area (Å²) < 4.78 is 15.6. The number of rotatable bonds is 5. The van der Waals surface area contributed by atoms with Gasteiger partial charge in [-0.15, -0.1) is 0 Å². The van der Waals surface area contributed by atoms with Crippen LogP contribution in [-0.4, -0.2) is 16.6 Å². The molecule has 1 aromatic carbocycles. The quantitative estimate of drug-likeness (QED) is 0.553. The topological polar surface area (TPSA) is 21.1 Å². The number of aryl methyl sites for hydroxylation is 1. The van der Waals surface area contributed by atoms with E-state index in [0.717, 1.165) is 29.4 Å². The van der Waals surface area contributed by atoms with Gasteiger partial charge in [0.05, 0.1) is 5.52 Å². The van der Waals surface area contributed by atoms with E-state index in [4.69, 9.17) is 11.6 Å². The van der Waals surface area contributed by atoms with E-state index in [1.54, 1.807) is 0 Å². The van der Waals surface area contributed by atoms with Crippen molar-refractivity contribution in [2.24, 2.45) is 5.92 Å². The Balaban J connectivity index is 1.79. The van der Waals surface area contributed by atoms with Crippen molar-refractivity contribution in [2.45, 2.75) is 39.8 Å². The minimum Gasteiger partial charge on any atom is -0.354 e. The molecule has 5 heteroatoms. The lowest BCUT2D eigenvalue weighted by Crippen LogP contribution is -2.19. The van der Waals surface area contributed by atoms with Crippen LogP contribution >= 0.6 is 11.6 Å². The third kappa shape index (κ3) is 3.18. The van der Waals surface area contributed by atoms with Crippen molar-refractivity contribution in [3.8, 4) is 0 Å². The van der Waals surface area contributed by atoms with Gasteiger partial charge >= 0.3 is 0 Å². The van der Waals surface area contributed by atoms with Crippen molar-refractivity contribution >= 4 is 28.3 Å². The molecule has 4 rings (SSSR count). The SMILES string of the molecule is Cc1c(C)n(CC2CC2)c2c(N(C)Cc3ccc(F)cc3)nc(Cl)cc12. The predicted octanol–water partition coefficient (Wildman–Crippen LogP) is 5.49. The summed E-state index contributed by atoms with van der Waals surface area (Å²) in [6.45, 7) is 6.02. The minimum absolute atomic E-state index is 0.218. The van der Waals surface area contributed by atoms with E-state index in [0.29, 0.717) is 11.7 Å². The zero-order chi connectivity index (χ0) is 18.4. The van der Waals surface area contributed by atoms with Crippen molar-refractivity contribution in [3.05, 3.63) is 58.1 Å². The first kappa shape index (κ1) is 17.3. The number of anilines is 1. The van der Waals surface area contributed by atoms with Crippen molar-refractivity contribution in [1.82, 2.24) is 9.55 Å². The number of aromatic nitrogens is 2. The Morgan fingerprint density at radius 3 is 2.58 bits per heavy atom. The Morgan fingerprint density at radius 2 is 1.92 bits per heavy atom. The molecular formula is C21H23ClFN3. The van der Waals surface area contributed by atoms with Gasteiger partial charge in [0.25, 0.3) is 0 Å². The molecule has 2 heterocycles. The van der Waals surface area contributed by atoms with E-state index in [1.807, 2.05) is 25.2 Å². The molecule has 1 saturated carbocycles. The summed E-state index contributed by atoms with van der Waals surface area (Å²) >= 11 is 6.35. The molecule has 3 nitrogen and oxygen atoms in total. The van der Waals surface area contributed by atoms with Gasteiger partial charge in [-0.3, -0.25) is 0 Å². The third-order valence-corrected chi connectivity index (χ3v) is 5.59. The van der Waals surface area contributed by atoms with Crippen LogP contribution in [0.5, 0.6) is 0 Å². The molecule has 0 unspecified atom stereocenters. The number of halogens is 2. The van der Waals surface area contributed by atoms with Gasteiger partial charge in [-0.25, -0.2) is 9.37 Å². The van der Waals surface area contributed by atoms with E-state index < -0.39 is 0 Å². The molecule has 0 bridgehead atoms. The zero-order valence-corrected chi connectivity index (χ0v) is 16.1. The van der Waals surface area contributed by atoms with Gasteiger partial charge in [-0.2, -0.15) is 0 Å². The van der Waals surface area contributed by atoms with Crippen molar-refractivity contribution in [3.63, 3.8) is 0 Å². The van der Waals surface area contributed by atoms with Crippen LogP contribution in [0.2, 0.25) is 5.15 Å². The molecule has 0 saturated heterocycles. The van der Waals surface area contributed by atoms with Crippen LogP contribution in [0, 0.1) is 25.6 Å². The standard InChI is InChI=1S/C21H23ClFN3/c1-13-14(2)26(12-16-4-5-16)20-18(13)10-19(22)24-21(20)25(3)11-15-6-8-17(23)9-7-15/h6-10,16H,4-5,11-12H2,1-3H3. The lowest BCUT2D eigenvalue weighted by Gasteiger charge is -2.21. The van der Waals surface area contributed by atoms with Crippen LogP contribution in [0.4, 0.5) is 10.2 Å². The summed E-state index contributed by atoms with van der Waals surface area (Å²) in [5.74, 6) is 1.44. The number of hydrogen-bond donors (Lipinski definition) is 0. The number of pyridine rings is 1. The van der Waals surface area contributed by atoms with Crippen LogP contribution in [0.15, 0.2) is 30.3 Å². The van der Waals surface area contributed by atoms with Gasteiger partial charge < -0.3 is 9.47 Å². The summed E-state index contributed by atoms with van der Waals surface area (Å²) in [5, 5.41) is 1.68. The van der Waals surface area contributed by atoms with E-state index in [-0.39, 0.29) is 5.82 Å². The molecule has 0 N–H and O–H groups in total. The molecule has 0 amide bonds. The van der Waals surface area contributed by atoms with Gasteiger partial charge in [-0.05, 0) is 61.9 Å². The molecule has 1 aliphatic rings. The maximum Gasteiger partial charge on any atom is 0.155 e. The van der Waals surface area contributed by atoms with Crippen molar-refractivity contribution < 1.29 is 4.39 Å². The minimum atomic E-state index is -0.218. The Kier molecular flexibility index (Phi) is 4.39. The zero-order valence-electron chi connectivity index (χ0n) is 15.4. The summed E-state index contributed by atoms with van der Waals surface area (Å²) in [7, 11) is 2.01. The van der Waals surface area contributed by atoms with Crippen LogP contribution in [0.1, 0.15) is 29.7 Å². The molecule has 1 fully saturated rings. The number of benzene rings is 1. The lowest BCUT2D eigenvalue weighted by atomic mass is 10.2. The Labute approximate surface area is 158 Å². The van der Waals surface area contributed by atoms with E-state index >= 15 is 0 Å². The average Bonchev–Trinajstić information content (AvgIpc) is 3.40. The van der Waals surface area contributed by atoms with Gasteiger partial charge in [0.15, 0.2) is 5.82 Å². The van der Waals surface area contributed by atoms with E-state index in [9.17, 15) is 4.39 Å². The van der Waals surface area contributed by atoms with Crippen LogP contribution in [-0.2, 0) is 13.1 Å². The predicted molar refractivity (Wildman–Crippen MR) is 105 cm³/mol. The van der Waals surface area contributed by atoms with Gasteiger partial charge in [-0.1, -0.05) is 23.7 Å². The largest absolute Gasteiger partial charge is 0.354 e. The summed E-state index contributed by atoms with van der Waals surface area (Å²) in [4.78, 5) is 6.76. The molecule has 0 aliphatic heterocycles. The van der Waals surface area contributed by atoms with Crippen molar-refractivity contribution in [2.75, 3.05) is 11.9 Å². The first-order chi connectivity index (χ1) is 12.4. The smallest absolute Gasteiger partial charge is 0.155 e. The Bertz CT molecular complexity index is 958. The molecule has 2 aromatic heterocycles. The van der Waals surface area contributed by atoms with Crippen LogP contribution in [0.3, 0.4) is 0 Å². The molecule has 136 valence electrons. The lowest BCUT2D eigenvalue weighted by molar-refractivity contribution is 0.626. The molecule has 3 aromatic rings. The molecule has 26 heavy (non-hydrogen) atoms. The third-order valence-electron chi connectivity index (χ3n) is 5.40. The number of fused-ring (bicyclic) bond motifs is 1. The van der Waals surface area contributed by atoms with Crippen molar-refractivity contribution in [1.29, 1.82) is 0 Å². The summed E-state index contributed by atoms with van der Waals surface area (Å²) in [6.07, 6.45) is 2.61. The van der Waals surface area contributed by atoms with Crippen LogP contribution in [0.25, 0.3) is 10.9 Å². The normalized spacial score (nSPS) is 14.2. The number of hydrogen-bond acceptors (Lipinski definition) is 2. The highest BCUT2D eigenvalue weighted by molar-refractivity contribution is 6.30. The fourth-order valence-corrected chi connectivity index (χ4v) is 3.79. The highest BCUT2D eigenvalue weighted by Gasteiger charge is 2.26. The monoisotopic (exact) mass is 371 g/mol. The summed E-state index contributed by atoms with van der Waals surface area (Å²) in [5.41, 5.74) is 4.74. The molecule has 1 aliphatic carbocycles.